The number of aromatic nitrogens is 2. The summed E-state index contributed by atoms with van der Waals surface area (Å²) in [4.78, 5) is 20.6. The van der Waals surface area contributed by atoms with E-state index < -0.39 is 11.9 Å². The van der Waals surface area contributed by atoms with E-state index >= 15 is 0 Å². The lowest BCUT2D eigenvalue weighted by Crippen LogP contribution is -2.48. The lowest BCUT2D eigenvalue weighted by atomic mass is 10.1. The van der Waals surface area contributed by atoms with Gasteiger partial charge >= 0.3 is 12.2 Å². The number of amides is 2. The van der Waals surface area contributed by atoms with Gasteiger partial charge in [0.2, 0.25) is 0 Å². The average molecular weight is 331 g/mol. The number of rotatable bonds is 3. The summed E-state index contributed by atoms with van der Waals surface area (Å²) in [6.45, 7) is 4.87. The Balaban J connectivity index is 1.88. The van der Waals surface area contributed by atoms with Crippen LogP contribution in [-0.2, 0) is 6.18 Å². The van der Waals surface area contributed by atoms with Gasteiger partial charge in [0.15, 0.2) is 0 Å². The molecule has 0 unspecified atom stereocenters. The molecule has 0 atom stereocenters. The molecule has 1 aliphatic rings. The molecule has 2 heterocycles. The van der Waals surface area contributed by atoms with Crippen molar-refractivity contribution in [3.8, 4) is 0 Å². The number of hydrogen-bond donors (Lipinski definition) is 2. The number of anilines is 1. The van der Waals surface area contributed by atoms with Crippen LogP contribution >= 0.6 is 0 Å². The molecule has 2 N–H and O–H groups in total. The fraction of sp³-hybridized carbons (Fsp3) is 0.643. The van der Waals surface area contributed by atoms with Crippen LogP contribution in [0.4, 0.5) is 23.8 Å². The van der Waals surface area contributed by atoms with Crippen LogP contribution in [0.25, 0.3) is 0 Å². The van der Waals surface area contributed by atoms with E-state index in [0.717, 1.165) is 12.4 Å². The van der Waals surface area contributed by atoms with Gasteiger partial charge in [-0.25, -0.2) is 14.8 Å². The third kappa shape index (κ3) is 4.97. The maximum atomic E-state index is 12.6. The van der Waals surface area contributed by atoms with E-state index in [-0.39, 0.29) is 23.9 Å². The molecular weight excluding hydrogens is 311 g/mol. The van der Waals surface area contributed by atoms with Crippen molar-refractivity contribution < 1.29 is 18.0 Å². The number of carbonyl (C=O) groups is 1. The summed E-state index contributed by atoms with van der Waals surface area (Å²) >= 11 is 0. The van der Waals surface area contributed by atoms with E-state index in [0.29, 0.717) is 25.9 Å². The van der Waals surface area contributed by atoms with E-state index in [1.54, 1.807) is 4.90 Å². The number of piperidine rings is 1. The average Bonchev–Trinajstić information content (AvgIpc) is 2.46. The van der Waals surface area contributed by atoms with Crippen molar-refractivity contribution in [1.29, 1.82) is 0 Å². The maximum Gasteiger partial charge on any atom is 0.433 e. The third-order valence-corrected chi connectivity index (χ3v) is 3.50. The summed E-state index contributed by atoms with van der Waals surface area (Å²) in [5, 5.41) is 5.81. The molecule has 1 aliphatic heterocycles. The fourth-order valence-corrected chi connectivity index (χ4v) is 2.37. The smallest absolute Gasteiger partial charge is 0.367 e. The minimum absolute atomic E-state index is 0.0194. The van der Waals surface area contributed by atoms with Crippen molar-refractivity contribution in [2.45, 2.75) is 44.9 Å². The predicted molar refractivity (Wildman–Crippen MR) is 78.9 cm³/mol. The van der Waals surface area contributed by atoms with E-state index in [4.69, 9.17) is 0 Å². The highest BCUT2D eigenvalue weighted by molar-refractivity contribution is 5.74. The lowest BCUT2D eigenvalue weighted by molar-refractivity contribution is -0.141. The molecule has 0 bridgehead atoms. The fourth-order valence-electron chi connectivity index (χ4n) is 2.37. The topological polar surface area (TPSA) is 70.2 Å². The largest absolute Gasteiger partial charge is 0.433 e. The van der Waals surface area contributed by atoms with Gasteiger partial charge < -0.3 is 15.5 Å². The zero-order chi connectivity index (χ0) is 17.0. The van der Waals surface area contributed by atoms with Crippen molar-refractivity contribution in [2.75, 3.05) is 18.4 Å². The van der Waals surface area contributed by atoms with Gasteiger partial charge in [0.25, 0.3) is 0 Å². The zero-order valence-corrected chi connectivity index (χ0v) is 13.0. The first-order chi connectivity index (χ1) is 10.8. The van der Waals surface area contributed by atoms with Gasteiger partial charge in [-0.1, -0.05) is 0 Å². The standard InChI is InChI=1S/C14H20F3N5O/c1-9(2)20-13(23)22-5-3-10(4-6-22)21-12-7-11(14(15,16)17)18-8-19-12/h7-10H,3-6H2,1-2H3,(H,20,23)(H,18,19,21). The zero-order valence-electron chi connectivity index (χ0n) is 13.0. The van der Waals surface area contributed by atoms with E-state index in [2.05, 4.69) is 20.6 Å². The van der Waals surface area contributed by atoms with Crippen LogP contribution in [0.5, 0.6) is 0 Å². The number of alkyl halides is 3. The number of halogens is 3. The summed E-state index contributed by atoms with van der Waals surface area (Å²) in [5.74, 6) is 0.150. The molecule has 1 fully saturated rings. The predicted octanol–water partition coefficient (Wildman–Crippen LogP) is 2.49. The second-order valence-corrected chi connectivity index (χ2v) is 5.80. The molecule has 0 radical (unpaired) electrons. The lowest BCUT2D eigenvalue weighted by Gasteiger charge is -2.33. The molecule has 2 amide bonds. The summed E-state index contributed by atoms with van der Waals surface area (Å²) in [6, 6.07) is 0.840. The van der Waals surface area contributed by atoms with Crippen LogP contribution in [0.1, 0.15) is 32.4 Å². The second kappa shape index (κ2) is 7.01. The first-order valence-electron chi connectivity index (χ1n) is 7.47. The van der Waals surface area contributed by atoms with E-state index in [9.17, 15) is 18.0 Å². The molecule has 1 aromatic heterocycles. The first-order valence-corrected chi connectivity index (χ1v) is 7.47. The summed E-state index contributed by atoms with van der Waals surface area (Å²) in [6.07, 6.45) is -2.29. The number of likely N-dealkylation sites (tertiary alicyclic amines) is 1. The molecule has 2 rings (SSSR count). The number of urea groups is 1. The Kier molecular flexibility index (Phi) is 5.27. The highest BCUT2D eigenvalue weighted by Gasteiger charge is 2.33. The molecule has 1 aromatic rings. The maximum absolute atomic E-state index is 12.6. The Bertz CT molecular complexity index is 541. The minimum Gasteiger partial charge on any atom is -0.367 e. The Labute approximate surface area is 132 Å². The summed E-state index contributed by atoms with van der Waals surface area (Å²) < 4.78 is 37.9. The monoisotopic (exact) mass is 331 g/mol. The van der Waals surface area contributed by atoms with Crippen molar-refractivity contribution in [3.63, 3.8) is 0 Å². The van der Waals surface area contributed by atoms with E-state index in [1.165, 1.54) is 0 Å². The van der Waals surface area contributed by atoms with E-state index in [1.807, 2.05) is 13.8 Å². The SMILES string of the molecule is CC(C)NC(=O)N1CCC(Nc2cc(C(F)(F)F)ncn2)CC1. The summed E-state index contributed by atoms with van der Waals surface area (Å²) in [7, 11) is 0. The summed E-state index contributed by atoms with van der Waals surface area (Å²) in [5.41, 5.74) is -0.969. The van der Waals surface area contributed by atoms with Crippen molar-refractivity contribution in [3.05, 3.63) is 18.1 Å². The number of nitrogens with zero attached hydrogens (tertiary/aromatic N) is 3. The van der Waals surface area contributed by atoms with Gasteiger partial charge in [-0.15, -0.1) is 0 Å². The van der Waals surface area contributed by atoms with Crippen LogP contribution in [0.3, 0.4) is 0 Å². The van der Waals surface area contributed by atoms with Crippen LogP contribution < -0.4 is 10.6 Å². The van der Waals surface area contributed by atoms with Gasteiger partial charge in [0.1, 0.15) is 17.8 Å². The van der Waals surface area contributed by atoms with Crippen LogP contribution in [-0.4, -0.2) is 46.1 Å². The van der Waals surface area contributed by atoms with Crippen LogP contribution in [0, 0.1) is 0 Å². The Morgan fingerprint density at radius 2 is 1.96 bits per heavy atom. The molecular formula is C14H20F3N5O. The molecule has 0 aliphatic carbocycles. The quantitative estimate of drug-likeness (QED) is 0.893. The number of carbonyl (C=O) groups excluding carboxylic acids is 1. The Hall–Kier alpha value is -2.06. The van der Waals surface area contributed by atoms with Gasteiger partial charge in [-0.05, 0) is 26.7 Å². The van der Waals surface area contributed by atoms with Gasteiger partial charge in [0.05, 0.1) is 0 Å². The molecule has 128 valence electrons. The molecule has 1 saturated heterocycles. The number of nitrogens with one attached hydrogen (secondary N) is 2. The molecule has 23 heavy (non-hydrogen) atoms. The minimum atomic E-state index is -4.49. The number of hydrogen-bond acceptors (Lipinski definition) is 4. The highest BCUT2D eigenvalue weighted by atomic mass is 19.4. The Morgan fingerprint density at radius 1 is 1.30 bits per heavy atom. The second-order valence-electron chi connectivity index (χ2n) is 5.80. The molecule has 9 heteroatoms. The first kappa shape index (κ1) is 17.3. The van der Waals surface area contributed by atoms with Crippen molar-refractivity contribution in [1.82, 2.24) is 20.2 Å². The molecule has 6 nitrogen and oxygen atoms in total. The van der Waals surface area contributed by atoms with Crippen LogP contribution in [0.2, 0.25) is 0 Å². The van der Waals surface area contributed by atoms with Gasteiger partial charge in [-0.3, -0.25) is 0 Å². The van der Waals surface area contributed by atoms with Crippen molar-refractivity contribution >= 4 is 11.8 Å². The molecule has 0 spiro atoms. The van der Waals surface area contributed by atoms with Gasteiger partial charge in [-0.2, -0.15) is 13.2 Å². The normalized spacial score (nSPS) is 16.5. The molecule has 0 aromatic carbocycles. The van der Waals surface area contributed by atoms with Crippen LogP contribution in [0.15, 0.2) is 12.4 Å². The van der Waals surface area contributed by atoms with Crippen molar-refractivity contribution in [2.24, 2.45) is 0 Å². The molecule has 0 saturated carbocycles. The third-order valence-electron chi connectivity index (χ3n) is 3.50. The Morgan fingerprint density at radius 3 is 2.52 bits per heavy atom. The van der Waals surface area contributed by atoms with Gasteiger partial charge in [0, 0.05) is 31.2 Å². The highest BCUT2D eigenvalue weighted by Crippen LogP contribution is 2.28.